The maximum atomic E-state index is 11.0. The van der Waals surface area contributed by atoms with Crippen LogP contribution in [0.25, 0.3) is 0 Å². The van der Waals surface area contributed by atoms with Crippen LogP contribution >= 0.6 is 11.8 Å². The number of hydrogen-bond donors (Lipinski definition) is 0. The van der Waals surface area contributed by atoms with Crippen LogP contribution in [0.1, 0.15) is 69.8 Å². The van der Waals surface area contributed by atoms with E-state index in [1.165, 1.54) is 64.2 Å². The fourth-order valence-corrected chi connectivity index (χ4v) is 6.56. The summed E-state index contributed by atoms with van der Waals surface area (Å²) in [6.07, 6.45) is 13.2. The number of nitro groups is 1. The average Bonchev–Trinajstić information content (AvgIpc) is 3.16. The summed E-state index contributed by atoms with van der Waals surface area (Å²) < 4.78 is 0. The van der Waals surface area contributed by atoms with Crippen molar-refractivity contribution in [1.29, 1.82) is 0 Å². The van der Waals surface area contributed by atoms with Gasteiger partial charge in [0.2, 0.25) is 0 Å². The zero-order valence-corrected chi connectivity index (χ0v) is 17.0. The first kappa shape index (κ1) is 18.8. The lowest BCUT2D eigenvalue weighted by Crippen LogP contribution is -2.51. The number of benzene rings is 1. The smallest absolute Gasteiger partial charge is 0.269 e. The van der Waals surface area contributed by atoms with E-state index in [0.29, 0.717) is 11.6 Å². The molecule has 2 saturated carbocycles. The molecule has 1 aromatic carbocycles. The lowest BCUT2D eigenvalue weighted by atomic mass is 9.94. The van der Waals surface area contributed by atoms with Crippen LogP contribution in [0.4, 0.5) is 11.4 Å². The monoisotopic (exact) mass is 387 g/mol. The number of non-ortho nitro benzene ring substituents is 1. The summed E-state index contributed by atoms with van der Waals surface area (Å²) >= 11 is 1.90. The maximum Gasteiger partial charge on any atom is 0.269 e. The molecule has 27 heavy (non-hydrogen) atoms. The van der Waals surface area contributed by atoms with E-state index in [1.807, 2.05) is 24.8 Å². The lowest BCUT2D eigenvalue weighted by Gasteiger charge is -2.41. The van der Waals surface area contributed by atoms with Crippen LogP contribution in [-0.2, 0) is 0 Å². The highest BCUT2D eigenvalue weighted by Crippen LogP contribution is 2.48. The Hall–Kier alpha value is -1.56. The molecule has 0 bridgehead atoms. The molecule has 1 aromatic rings. The van der Waals surface area contributed by atoms with Crippen molar-refractivity contribution in [3.8, 4) is 0 Å². The summed E-state index contributed by atoms with van der Waals surface area (Å²) in [6.45, 7) is 1.92. The van der Waals surface area contributed by atoms with Gasteiger partial charge < -0.3 is 4.90 Å². The standard InChI is InChI=1S/C21H29N3O2S/c1-16-14-18(24(25)26)10-11-19(16)22-20-23(17-8-4-2-3-5-9-17)21(15-27-20)12-6-7-13-21/h10-11,14,17H,2-9,12-13,15H2,1H3/b22-20+. The molecule has 0 atom stereocenters. The number of rotatable bonds is 3. The van der Waals surface area contributed by atoms with Gasteiger partial charge in [-0.3, -0.25) is 10.1 Å². The van der Waals surface area contributed by atoms with E-state index in [4.69, 9.17) is 4.99 Å². The van der Waals surface area contributed by atoms with Gasteiger partial charge in [0.05, 0.1) is 16.1 Å². The fraction of sp³-hybridized carbons (Fsp3) is 0.667. The Labute approximate surface area is 165 Å². The number of nitrogens with zero attached hydrogens (tertiary/aromatic N) is 3. The molecule has 3 aliphatic rings. The largest absolute Gasteiger partial charge is 0.342 e. The van der Waals surface area contributed by atoms with Crippen molar-refractivity contribution in [1.82, 2.24) is 4.90 Å². The third-order valence-corrected chi connectivity index (χ3v) is 7.75. The van der Waals surface area contributed by atoms with Gasteiger partial charge >= 0.3 is 0 Å². The van der Waals surface area contributed by atoms with E-state index in [1.54, 1.807) is 12.1 Å². The summed E-state index contributed by atoms with van der Waals surface area (Å²) in [7, 11) is 0. The highest BCUT2D eigenvalue weighted by molar-refractivity contribution is 8.14. The highest BCUT2D eigenvalue weighted by Gasteiger charge is 2.49. The summed E-state index contributed by atoms with van der Waals surface area (Å²) in [5.74, 6) is 1.15. The van der Waals surface area contributed by atoms with Crippen LogP contribution in [0.3, 0.4) is 0 Å². The number of thioether (sulfide) groups is 1. The van der Waals surface area contributed by atoms with Gasteiger partial charge in [-0.15, -0.1) is 0 Å². The van der Waals surface area contributed by atoms with E-state index in [0.717, 1.165) is 22.2 Å². The van der Waals surface area contributed by atoms with Gasteiger partial charge in [0.25, 0.3) is 5.69 Å². The van der Waals surface area contributed by atoms with E-state index in [-0.39, 0.29) is 10.6 Å². The zero-order valence-electron chi connectivity index (χ0n) is 16.2. The minimum Gasteiger partial charge on any atom is -0.342 e. The summed E-state index contributed by atoms with van der Waals surface area (Å²) in [4.78, 5) is 18.4. The molecule has 3 fully saturated rings. The molecule has 1 heterocycles. The molecule has 0 amide bonds. The molecule has 5 nitrogen and oxygen atoms in total. The van der Waals surface area contributed by atoms with E-state index < -0.39 is 0 Å². The van der Waals surface area contributed by atoms with Gasteiger partial charge in [0.15, 0.2) is 5.17 Å². The van der Waals surface area contributed by atoms with Gasteiger partial charge in [-0.2, -0.15) is 0 Å². The van der Waals surface area contributed by atoms with Gasteiger partial charge in [-0.05, 0) is 44.2 Å². The molecule has 0 radical (unpaired) electrons. The Balaban J connectivity index is 1.67. The van der Waals surface area contributed by atoms with Crippen LogP contribution in [0.2, 0.25) is 0 Å². The Morgan fingerprint density at radius 2 is 1.85 bits per heavy atom. The molecule has 6 heteroatoms. The molecule has 0 N–H and O–H groups in total. The average molecular weight is 388 g/mol. The zero-order chi connectivity index (χ0) is 18.9. The minimum atomic E-state index is -0.334. The van der Waals surface area contributed by atoms with Crippen molar-refractivity contribution in [2.75, 3.05) is 5.75 Å². The quantitative estimate of drug-likeness (QED) is 0.364. The van der Waals surface area contributed by atoms with Crippen molar-refractivity contribution >= 4 is 28.3 Å². The number of hydrogen-bond acceptors (Lipinski definition) is 4. The van der Waals surface area contributed by atoms with E-state index >= 15 is 0 Å². The van der Waals surface area contributed by atoms with E-state index in [9.17, 15) is 10.1 Å². The molecule has 1 saturated heterocycles. The second-order valence-corrected chi connectivity index (χ2v) is 9.30. The predicted molar refractivity (Wildman–Crippen MR) is 112 cm³/mol. The molecule has 2 aliphatic carbocycles. The molecular formula is C21H29N3O2S. The SMILES string of the molecule is Cc1cc([N+](=O)[O-])ccc1/N=C1/SCC2(CCCC2)N1C1CCCCCC1. The van der Waals surface area contributed by atoms with Crippen LogP contribution < -0.4 is 0 Å². The van der Waals surface area contributed by atoms with Crippen molar-refractivity contribution in [3.63, 3.8) is 0 Å². The second kappa shape index (κ2) is 7.82. The third kappa shape index (κ3) is 3.73. The number of aryl methyl sites for hydroxylation is 1. The Bertz CT molecular complexity index is 735. The molecule has 0 aromatic heterocycles. The Morgan fingerprint density at radius 3 is 2.48 bits per heavy atom. The van der Waals surface area contributed by atoms with Crippen LogP contribution in [0, 0.1) is 17.0 Å². The Kier molecular flexibility index (Phi) is 5.44. The number of nitro benzene ring substituents is 1. The summed E-state index contributed by atoms with van der Waals surface area (Å²) in [5.41, 5.74) is 2.19. The highest BCUT2D eigenvalue weighted by atomic mass is 32.2. The van der Waals surface area contributed by atoms with Crippen molar-refractivity contribution in [2.45, 2.75) is 82.7 Å². The Morgan fingerprint density at radius 1 is 1.15 bits per heavy atom. The van der Waals surface area contributed by atoms with Crippen molar-refractivity contribution in [2.24, 2.45) is 4.99 Å². The first-order valence-corrected chi connectivity index (χ1v) is 11.3. The van der Waals surface area contributed by atoms with Gasteiger partial charge in [-0.1, -0.05) is 50.3 Å². The molecule has 4 rings (SSSR count). The summed E-state index contributed by atoms with van der Waals surface area (Å²) in [6, 6.07) is 5.64. The van der Waals surface area contributed by atoms with Gasteiger partial charge in [0, 0.05) is 23.9 Å². The van der Waals surface area contributed by atoms with Crippen LogP contribution in [0.15, 0.2) is 23.2 Å². The van der Waals surface area contributed by atoms with Crippen molar-refractivity contribution < 1.29 is 4.92 Å². The minimum absolute atomic E-state index is 0.142. The van der Waals surface area contributed by atoms with Crippen LogP contribution in [0.5, 0.6) is 0 Å². The normalized spacial score (nSPS) is 24.6. The fourth-order valence-electron chi connectivity index (χ4n) is 5.09. The molecular weight excluding hydrogens is 358 g/mol. The number of aliphatic imine (C=N–C) groups is 1. The van der Waals surface area contributed by atoms with Crippen LogP contribution in [-0.4, -0.2) is 32.3 Å². The first-order chi connectivity index (χ1) is 13.1. The lowest BCUT2D eigenvalue weighted by molar-refractivity contribution is -0.384. The van der Waals surface area contributed by atoms with E-state index in [2.05, 4.69) is 4.90 Å². The predicted octanol–water partition coefficient (Wildman–Crippen LogP) is 5.98. The molecule has 1 spiro atoms. The molecule has 1 aliphatic heterocycles. The number of amidine groups is 1. The van der Waals surface area contributed by atoms with Gasteiger partial charge in [0.1, 0.15) is 0 Å². The van der Waals surface area contributed by atoms with Crippen molar-refractivity contribution in [3.05, 3.63) is 33.9 Å². The first-order valence-electron chi connectivity index (χ1n) is 10.3. The second-order valence-electron chi connectivity index (χ2n) is 8.36. The molecule has 0 unspecified atom stereocenters. The third-order valence-electron chi connectivity index (χ3n) is 6.52. The molecule has 146 valence electrons. The topological polar surface area (TPSA) is 58.7 Å². The maximum absolute atomic E-state index is 11.0. The van der Waals surface area contributed by atoms with Gasteiger partial charge in [-0.25, -0.2) is 4.99 Å². The summed E-state index contributed by atoms with van der Waals surface area (Å²) in [5, 5.41) is 12.2.